The number of ether oxygens (including phenoxy) is 1. The summed E-state index contributed by atoms with van der Waals surface area (Å²) in [5.74, 6) is 0.163. The molecule has 2 aromatic carbocycles. The van der Waals surface area contributed by atoms with Crippen molar-refractivity contribution in [2.75, 3.05) is 20.2 Å². The van der Waals surface area contributed by atoms with Crippen molar-refractivity contribution in [3.8, 4) is 5.75 Å². The Balaban J connectivity index is 1.43. The van der Waals surface area contributed by atoms with Crippen LogP contribution in [0.25, 0.3) is 0 Å². The lowest BCUT2D eigenvalue weighted by Gasteiger charge is -2.31. The molecule has 2 aliphatic heterocycles. The van der Waals surface area contributed by atoms with Gasteiger partial charge in [-0.3, -0.25) is 14.4 Å². The summed E-state index contributed by atoms with van der Waals surface area (Å²) in [5.41, 5.74) is 1.52. The Morgan fingerprint density at radius 2 is 1.66 bits per heavy atom. The van der Waals surface area contributed by atoms with Gasteiger partial charge in [0.15, 0.2) is 0 Å². The van der Waals surface area contributed by atoms with Crippen molar-refractivity contribution in [2.45, 2.75) is 44.3 Å². The average molecular weight is 436 g/mol. The number of amides is 3. The Hall–Kier alpha value is -3.35. The first-order valence-corrected chi connectivity index (χ1v) is 11.2. The lowest BCUT2D eigenvalue weighted by molar-refractivity contribution is -0.141. The average Bonchev–Trinajstić information content (AvgIpc) is 3.52. The van der Waals surface area contributed by atoms with Crippen molar-refractivity contribution in [1.29, 1.82) is 0 Å². The molecule has 0 unspecified atom stereocenters. The fourth-order valence-electron chi connectivity index (χ4n) is 4.59. The van der Waals surface area contributed by atoms with Gasteiger partial charge in [0.2, 0.25) is 11.8 Å². The highest BCUT2D eigenvalue weighted by atomic mass is 16.5. The summed E-state index contributed by atoms with van der Waals surface area (Å²) < 4.78 is 5.23. The zero-order valence-corrected chi connectivity index (χ0v) is 18.3. The standard InChI is InChI=1S/C25H29N3O4/c1-32-20-11-5-10-19(16-20)24(30)28-15-7-13-22(28)25(31)27-14-6-12-21(27)23(29)26-17-18-8-3-2-4-9-18/h2-5,8-11,16,21-22H,6-7,12-15,17H2,1H3,(H,26,29)/t21-,22-/m1/s1. The number of rotatable bonds is 6. The van der Waals surface area contributed by atoms with Gasteiger partial charge < -0.3 is 19.9 Å². The van der Waals surface area contributed by atoms with Crippen molar-refractivity contribution >= 4 is 17.7 Å². The first-order valence-electron chi connectivity index (χ1n) is 11.2. The zero-order valence-electron chi connectivity index (χ0n) is 18.3. The van der Waals surface area contributed by atoms with Crippen LogP contribution in [-0.2, 0) is 16.1 Å². The van der Waals surface area contributed by atoms with Crippen LogP contribution < -0.4 is 10.1 Å². The van der Waals surface area contributed by atoms with Crippen LogP contribution in [0.4, 0.5) is 0 Å². The van der Waals surface area contributed by atoms with Crippen LogP contribution in [0.5, 0.6) is 5.75 Å². The van der Waals surface area contributed by atoms with E-state index in [0.717, 1.165) is 18.4 Å². The molecule has 7 nitrogen and oxygen atoms in total. The van der Waals surface area contributed by atoms with Crippen LogP contribution in [-0.4, -0.2) is 59.8 Å². The molecule has 1 N–H and O–H groups in total. The summed E-state index contributed by atoms with van der Waals surface area (Å²) in [7, 11) is 1.56. The molecule has 0 aromatic heterocycles. The summed E-state index contributed by atoms with van der Waals surface area (Å²) in [6, 6.07) is 15.7. The molecular formula is C25H29N3O4. The maximum Gasteiger partial charge on any atom is 0.254 e. The molecule has 3 amide bonds. The molecule has 2 heterocycles. The van der Waals surface area contributed by atoms with E-state index in [4.69, 9.17) is 4.74 Å². The van der Waals surface area contributed by atoms with Gasteiger partial charge in [0.1, 0.15) is 17.8 Å². The van der Waals surface area contributed by atoms with Gasteiger partial charge in [-0.25, -0.2) is 0 Å². The smallest absolute Gasteiger partial charge is 0.254 e. The molecule has 2 saturated heterocycles. The largest absolute Gasteiger partial charge is 0.497 e. The first kappa shape index (κ1) is 21.9. The minimum absolute atomic E-state index is 0.129. The van der Waals surface area contributed by atoms with Gasteiger partial charge in [-0.1, -0.05) is 36.4 Å². The topological polar surface area (TPSA) is 79.0 Å². The summed E-state index contributed by atoms with van der Waals surface area (Å²) >= 11 is 0. The van der Waals surface area contributed by atoms with Crippen LogP contribution in [0.15, 0.2) is 54.6 Å². The molecule has 2 fully saturated rings. The molecule has 2 aromatic rings. The number of hydrogen-bond donors (Lipinski definition) is 1. The Morgan fingerprint density at radius 1 is 0.938 bits per heavy atom. The lowest BCUT2D eigenvalue weighted by Crippen LogP contribution is -2.52. The predicted octanol–water partition coefficient (Wildman–Crippen LogP) is 2.61. The molecule has 168 valence electrons. The Bertz CT molecular complexity index is 978. The molecule has 2 aliphatic rings. The Labute approximate surface area is 188 Å². The molecule has 0 radical (unpaired) electrons. The number of benzene rings is 2. The third kappa shape index (κ3) is 4.61. The maximum absolute atomic E-state index is 13.4. The molecule has 2 atom stereocenters. The van der Waals surface area contributed by atoms with Crippen LogP contribution in [0.2, 0.25) is 0 Å². The number of carbonyl (C=O) groups is 3. The van der Waals surface area contributed by atoms with Crippen LogP contribution in [0, 0.1) is 0 Å². The third-order valence-corrected chi connectivity index (χ3v) is 6.26. The monoisotopic (exact) mass is 435 g/mol. The van der Waals surface area contributed by atoms with Crippen LogP contribution in [0.3, 0.4) is 0 Å². The molecule has 0 aliphatic carbocycles. The number of methoxy groups -OCH3 is 1. The quantitative estimate of drug-likeness (QED) is 0.757. The molecule has 0 spiro atoms. The maximum atomic E-state index is 13.4. The number of nitrogens with one attached hydrogen (secondary N) is 1. The van der Waals surface area contributed by atoms with E-state index >= 15 is 0 Å². The second-order valence-electron chi connectivity index (χ2n) is 8.28. The molecule has 0 saturated carbocycles. The van der Waals surface area contributed by atoms with Crippen LogP contribution in [0.1, 0.15) is 41.6 Å². The molecule has 4 rings (SSSR count). The molecule has 7 heteroatoms. The van der Waals surface area contributed by atoms with E-state index in [1.807, 2.05) is 30.3 Å². The highest BCUT2D eigenvalue weighted by Gasteiger charge is 2.42. The van der Waals surface area contributed by atoms with E-state index in [0.29, 0.717) is 43.8 Å². The van der Waals surface area contributed by atoms with Gasteiger partial charge in [0, 0.05) is 25.2 Å². The first-order chi connectivity index (χ1) is 15.6. The molecule has 32 heavy (non-hydrogen) atoms. The van der Waals surface area contributed by atoms with Crippen molar-refractivity contribution in [3.05, 3.63) is 65.7 Å². The number of carbonyl (C=O) groups excluding carboxylic acids is 3. The van der Waals surface area contributed by atoms with Crippen molar-refractivity contribution in [3.63, 3.8) is 0 Å². The second-order valence-corrected chi connectivity index (χ2v) is 8.28. The van der Waals surface area contributed by atoms with Gasteiger partial charge in [-0.15, -0.1) is 0 Å². The highest BCUT2D eigenvalue weighted by molar-refractivity contribution is 5.99. The summed E-state index contributed by atoms with van der Waals surface area (Å²) in [4.78, 5) is 42.7. The van der Waals surface area contributed by atoms with Gasteiger partial charge in [-0.05, 0) is 49.4 Å². The number of nitrogens with zero attached hydrogens (tertiary/aromatic N) is 2. The predicted molar refractivity (Wildman–Crippen MR) is 120 cm³/mol. The zero-order chi connectivity index (χ0) is 22.5. The van der Waals surface area contributed by atoms with E-state index in [-0.39, 0.29) is 17.7 Å². The summed E-state index contributed by atoms with van der Waals surface area (Å²) in [5, 5.41) is 2.96. The van der Waals surface area contributed by atoms with Gasteiger partial charge in [-0.2, -0.15) is 0 Å². The SMILES string of the molecule is COc1cccc(C(=O)N2CCC[C@@H]2C(=O)N2CCC[C@@H]2C(=O)NCc2ccccc2)c1. The number of hydrogen-bond acceptors (Lipinski definition) is 4. The number of likely N-dealkylation sites (tertiary alicyclic amines) is 2. The highest BCUT2D eigenvalue weighted by Crippen LogP contribution is 2.27. The van der Waals surface area contributed by atoms with E-state index < -0.39 is 12.1 Å². The van der Waals surface area contributed by atoms with Gasteiger partial charge in [0.25, 0.3) is 5.91 Å². The van der Waals surface area contributed by atoms with E-state index in [2.05, 4.69) is 5.32 Å². The van der Waals surface area contributed by atoms with Crippen LogP contribution >= 0.6 is 0 Å². The van der Waals surface area contributed by atoms with Crippen molar-refractivity contribution in [2.24, 2.45) is 0 Å². The lowest BCUT2D eigenvalue weighted by atomic mass is 10.1. The van der Waals surface area contributed by atoms with Crippen molar-refractivity contribution in [1.82, 2.24) is 15.1 Å². The minimum atomic E-state index is -0.531. The van der Waals surface area contributed by atoms with Gasteiger partial charge >= 0.3 is 0 Å². The second kappa shape index (κ2) is 9.85. The fraction of sp³-hybridized carbons (Fsp3) is 0.400. The Morgan fingerprint density at radius 3 is 2.41 bits per heavy atom. The normalized spacial score (nSPS) is 20.3. The summed E-state index contributed by atoms with van der Waals surface area (Å²) in [6.45, 7) is 1.51. The van der Waals surface area contributed by atoms with Gasteiger partial charge in [0.05, 0.1) is 7.11 Å². The molecular weight excluding hydrogens is 406 g/mol. The van der Waals surface area contributed by atoms with E-state index in [1.165, 1.54) is 0 Å². The molecule has 0 bridgehead atoms. The minimum Gasteiger partial charge on any atom is -0.497 e. The summed E-state index contributed by atoms with van der Waals surface area (Å²) in [6.07, 6.45) is 2.81. The third-order valence-electron chi connectivity index (χ3n) is 6.26. The van der Waals surface area contributed by atoms with E-state index in [9.17, 15) is 14.4 Å². The Kier molecular flexibility index (Phi) is 6.73. The fourth-order valence-corrected chi connectivity index (χ4v) is 4.59. The van der Waals surface area contributed by atoms with E-state index in [1.54, 1.807) is 41.2 Å². The van der Waals surface area contributed by atoms with Crippen molar-refractivity contribution < 1.29 is 19.1 Å².